The number of likely N-dealkylation sites (tertiary alicyclic amines) is 1. The van der Waals surface area contributed by atoms with Crippen LogP contribution in [0, 0.1) is 17.8 Å². The van der Waals surface area contributed by atoms with Crippen LogP contribution in [0.2, 0.25) is 0 Å². The Morgan fingerprint density at radius 2 is 1.97 bits per heavy atom. The largest absolute Gasteiger partial charge is 0.345 e. The molecule has 1 atom stereocenters. The van der Waals surface area contributed by atoms with Gasteiger partial charge in [0.05, 0.1) is 5.69 Å². The van der Waals surface area contributed by atoms with Crippen molar-refractivity contribution in [1.29, 1.82) is 0 Å². The van der Waals surface area contributed by atoms with Crippen molar-refractivity contribution in [3.8, 4) is 23.2 Å². The van der Waals surface area contributed by atoms with Gasteiger partial charge in [-0.25, -0.2) is 9.97 Å². The first kappa shape index (κ1) is 25.9. The van der Waals surface area contributed by atoms with Crippen LogP contribution >= 0.6 is 0 Å². The van der Waals surface area contributed by atoms with Gasteiger partial charge in [-0.3, -0.25) is 9.20 Å². The van der Waals surface area contributed by atoms with Gasteiger partial charge in [0.1, 0.15) is 17.4 Å². The highest BCUT2D eigenvalue weighted by Gasteiger charge is 2.27. The molecular formula is C28H36N4O. The maximum atomic E-state index is 12.1. The fraction of sp³-hybridized carbons (Fsp3) is 0.393. The fourth-order valence-corrected chi connectivity index (χ4v) is 3.34. The van der Waals surface area contributed by atoms with Gasteiger partial charge in [0.15, 0.2) is 0 Å². The van der Waals surface area contributed by atoms with Gasteiger partial charge >= 0.3 is 0 Å². The molecule has 4 rings (SSSR count). The van der Waals surface area contributed by atoms with E-state index in [2.05, 4.69) is 30.7 Å². The van der Waals surface area contributed by atoms with Crippen LogP contribution in [0.1, 0.15) is 65.6 Å². The molecule has 0 bridgehead atoms. The minimum absolute atomic E-state index is 0.111. The van der Waals surface area contributed by atoms with E-state index < -0.39 is 0 Å². The molecule has 1 amide bonds. The van der Waals surface area contributed by atoms with Crippen LogP contribution < -0.4 is 0 Å². The van der Waals surface area contributed by atoms with Crippen LogP contribution in [0.25, 0.3) is 22.6 Å². The van der Waals surface area contributed by atoms with Crippen molar-refractivity contribution in [2.45, 2.75) is 54.4 Å². The Balaban J connectivity index is 0.000000714. The highest BCUT2D eigenvalue weighted by molar-refractivity contribution is 5.83. The Bertz CT molecular complexity index is 1160. The fourth-order valence-electron chi connectivity index (χ4n) is 3.34. The van der Waals surface area contributed by atoms with Gasteiger partial charge in [-0.1, -0.05) is 64.2 Å². The van der Waals surface area contributed by atoms with Crippen molar-refractivity contribution in [1.82, 2.24) is 19.3 Å². The van der Waals surface area contributed by atoms with E-state index in [4.69, 9.17) is 4.98 Å². The number of carbonyl (C=O) groups is 1. The molecule has 0 spiro atoms. The van der Waals surface area contributed by atoms with E-state index in [1.807, 2.05) is 81.7 Å². The van der Waals surface area contributed by atoms with Gasteiger partial charge in [0.25, 0.3) is 0 Å². The minimum atomic E-state index is -0.201. The lowest BCUT2D eigenvalue weighted by Crippen LogP contribution is -2.21. The summed E-state index contributed by atoms with van der Waals surface area (Å²) in [6, 6.07) is 9.97. The molecule has 5 heteroatoms. The molecule has 3 aromatic rings. The molecule has 1 saturated heterocycles. The lowest BCUT2D eigenvalue weighted by atomic mass is 10.1. The molecule has 0 N–H and O–H groups in total. The summed E-state index contributed by atoms with van der Waals surface area (Å²) in [6.07, 6.45) is 7.78. The number of imidazole rings is 1. The molecule has 0 saturated carbocycles. The van der Waals surface area contributed by atoms with E-state index in [0.717, 1.165) is 46.8 Å². The average Bonchev–Trinajstić information content (AvgIpc) is 3.45. The summed E-state index contributed by atoms with van der Waals surface area (Å²) >= 11 is 0. The Morgan fingerprint density at radius 3 is 2.61 bits per heavy atom. The number of nitrogens with zero attached hydrogens (tertiary/aromatic N) is 4. The molecule has 1 aromatic carbocycles. The third-order valence-electron chi connectivity index (χ3n) is 5.17. The zero-order chi connectivity index (χ0) is 24.4. The van der Waals surface area contributed by atoms with Crippen molar-refractivity contribution in [3.63, 3.8) is 0 Å². The monoisotopic (exact) mass is 444 g/mol. The molecule has 1 fully saturated rings. The summed E-state index contributed by atoms with van der Waals surface area (Å²) in [6.45, 7) is 13.1. The van der Waals surface area contributed by atoms with Crippen molar-refractivity contribution >= 4 is 17.1 Å². The van der Waals surface area contributed by atoms with E-state index in [1.54, 1.807) is 11.1 Å². The molecule has 0 unspecified atom stereocenters. The zero-order valence-corrected chi connectivity index (χ0v) is 21.0. The second-order valence-electron chi connectivity index (χ2n) is 7.75. The van der Waals surface area contributed by atoms with Crippen molar-refractivity contribution in [2.24, 2.45) is 5.92 Å². The van der Waals surface area contributed by atoms with Gasteiger partial charge in [-0.15, -0.1) is 0 Å². The number of hydrogen-bond acceptors (Lipinski definition) is 3. The number of allylic oxidation sites excluding steroid dienone is 2. The normalized spacial score (nSPS) is 15.2. The number of carbonyl (C=O) groups excluding carboxylic acids is 1. The highest BCUT2D eigenvalue weighted by Crippen LogP contribution is 2.23. The molecule has 1 aliphatic heterocycles. The molecule has 0 radical (unpaired) electrons. The van der Waals surface area contributed by atoms with E-state index >= 15 is 0 Å². The summed E-state index contributed by atoms with van der Waals surface area (Å²) in [5, 5.41) is 0. The van der Waals surface area contributed by atoms with Crippen LogP contribution in [-0.2, 0) is 4.79 Å². The number of fused-ring (bicyclic) bond motifs is 1. The number of benzene rings is 1. The van der Waals surface area contributed by atoms with E-state index in [1.165, 1.54) is 6.42 Å². The van der Waals surface area contributed by atoms with Crippen molar-refractivity contribution in [3.05, 3.63) is 60.1 Å². The lowest BCUT2D eigenvalue weighted by molar-refractivity contribution is -0.128. The molecule has 174 valence electrons. The van der Waals surface area contributed by atoms with Crippen LogP contribution in [0.5, 0.6) is 0 Å². The first-order valence-corrected chi connectivity index (χ1v) is 11.8. The van der Waals surface area contributed by atoms with E-state index in [9.17, 15) is 4.79 Å². The second kappa shape index (κ2) is 12.6. The molecule has 3 heterocycles. The minimum Gasteiger partial charge on any atom is -0.345 e. The Labute approximate surface area is 198 Å². The molecule has 0 aliphatic carbocycles. The SMILES string of the molecule is C/C=C(/C)c1cc2nccn2c(-c2cccc(C#C[C@H]3CCN(C)C3=O)c2)n1.CC.CCC. The number of hydrogen-bond donors (Lipinski definition) is 0. The molecular weight excluding hydrogens is 408 g/mol. The zero-order valence-electron chi connectivity index (χ0n) is 21.0. The topological polar surface area (TPSA) is 50.5 Å². The predicted octanol–water partition coefficient (Wildman–Crippen LogP) is 6.09. The molecule has 5 nitrogen and oxygen atoms in total. The average molecular weight is 445 g/mol. The van der Waals surface area contributed by atoms with Gasteiger partial charge in [-0.05, 0) is 38.0 Å². The summed E-state index contributed by atoms with van der Waals surface area (Å²) in [7, 11) is 1.83. The maximum absolute atomic E-state index is 12.1. The van der Waals surface area contributed by atoms with Crippen molar-refractivity contribution < 1.29 is 4.79 Å². The second-order valence-corrected chi connectivity index (χ2v) is 7.75. The first-order valence-electron chi connectivity index (χ1n) is 11.8. The summed E-state index contributed by atoms with van der Waals surface area (Å²) in [5.41, 5.74) is 4.72. The van der Waals surface area contributed by atoms with E-state index in [0.29, 0.717) is 0 Å². The Hall–Kier alpha value is -3.39. The Kier molecular flexibility index (Phi) is 9.87. The van der Waals surface area contributed by atoms with Crippen LogP contribution in [0.4, 0.5) is 0 Å². The number of aromatic nitrogens is 3. The smallest absolute Gasteiger partial charge is 0.237 e. The first-order chi connectivity index (χ1) is 16.0. The standard InChI is InChI=1S/C23H22N4O.C3H8.C2H6/c1-4-16(2)20-15-21-24-11-13-27(21)22(25-20)19-7-5-6-17(14-19)8-9-18-10-12-26(3)23(18)28;1-3-2;1-2/h4-7,11,13-15,18H,10,12H2,1-3H3;3H2,1-2H3;1-2H3/b16-4-;;/t18-;;/m0../s1. The van der Waals surface area contributed by atoms with Gasteiger partial charge < -0.3 is 4.90 Å². The number of amides is 1. The van der Waals surface area contributed by atoms with E-state index in [-0.39, 0.29) is 11.8 Å². The summed E-state index contributed by atoms with van der Waals surface area (Å²) in [4.78, 5) is 23.1. The van der Waals surface area contributed by atoms with Crippen LogP contribution in [-0.4, -0.2) is 38.8 Å². The highest BCUT2D eigenvalue weighted by atomic mass is 16.2. The molecule has 2 aromatic heterocycles. The maximum Gasteiger partial charge on any atom is 0.237 e. The molecule has 33 heavy (non-hydrogen) atoms. The summed E-state index contributed by atoms with van der Waals surface area (Å²) < 4.78 is 1.98. The van der Waals surface area contributed by atoms with Crippen LogP contribution in [0.3, 0.4) is 0 Å². The van der Waals surface area contributed by atoms with Crippen LogP contribution in [0.15, 0.2) is 48.8 Å². The van der Waals surface area contributed by atoms with Gasteiger partial charge in [0, 0.05) is 43.2 Å². The summed E-state index contributed by atoms with van der Waals surface area (Å²) in [5.74, 6) is 7.05. The van der Waals surface area contributed by atoms with Gasteiger partial charge in [0.2, 0.25) is 5.91 Å². The van der Waals surface area contributed by atoms with Gasteiger partial charge in [-0.2, -0.15) is 0 Å². The Morgan fingerprint density at radius 1 is 1.24 bits per heavy atom. The third kappa shape index (κ3) is 6.32. The predicted molar refractivity (Wildman–Crippen MR) is 138 cm³/mol. The lowest BCUT2D eigenvalue weighted by Gasteiger charge is -2.09. The third-order valence-corrected chi connectivity index (χ3v) is 5.17. The molecule has 1 aliphatic rings. The quantitative estimate of drug-likeness (QED) is 0.449. The number of rotatable bonds is 2. The van der Waals surface area contributed by atoms with Crippen molar-refractivity contribution in [2.75, 3.05) is 13.6 Å².